The summed E-state index contributed by atoms with van der Waals surface area (Å²) in [6, 6.07) is 0.875. The maximum absolute atomic E-state index is 4.85. The largest absolute Gasteiger partial charge is 0.295 e. The number of likely N-dealkylation sites (N-methyl/N-ethyl adjacent to an activating group) is 1. The van der Waals surface area contributed by atoms with Crippen LogP contribution in [-0.2, 0) is 0 Å². The molecule has 2 heterocycles. The van der Waals surface area contributed by atoms with Gasteiger partial charge >= 0.3 is 0 Å². The predicted molar refractivity (Wildman–Crippen MR) is 63.7 cm³/mol. The van der Waals surface area contributed by atoms with Crippen LogP contribution in [0, 0.1) is 5.92 Å². The molecule has 1 fully saturated rings. The molecule has 0 aliphatic carbocycles. The molecule has 0 aromatic rings. The molecule has 0 aromatic heterocycles. The summed E-state index contributed by atoms with van der Waals surface area (Å²) in [5.41, 5.74) is 6.31. The zero-order valence-corrected chi connectivity index (χ0v) is 10.3. The lowest BCUT2D eigenvalue weighted by atomic mass is 9.90. The van der Waals surface area contributed by atoms with E-state index in [-0.39, 0.29) is 0 Å². The summed E-state index contributed by atoms with van der Waals surface area (Å²) < 4.78 is 0. The normalized spacial score (nSPS) is 31.1. The zero-order chi connectivity index (χ0) is 11.2. The number of dihydropyridines is 1. The Balaban J connectivity index is 2.35. The van der Waals surface area contributed by atoms with Gasteiger partial charge in [-0.05, 0) is 26.2 Å². The number of fused-ring (bicyclic) bond motifs is 1. The van der Waals surface area contributed by atoms with Gasteiger partial charge in [0.05, 0.1) is 12.1 Å². The summed E-state index contributed by atoms with van der Waals surface area (Å²) in [7, 11) is 2.05. The summed E-state index contributed by atoms with van der Waals surface area (Å²) in [6.45, 7) is 8.95. The molecule has 2 aliphatic rings. The Morgan fingerprint density at radius 3 is 2.73 bits per heavy atom. The Hall–Kier alpha value is -0.830. The molecule has 84 valence electrons. The second kappa shape index (κ2) is 3.63. The summed E-state index contributed by atoms with van der Waals surface area (Å²) in [5.74, 6) is 1.78. The highest BCUT2D eigenvalue weighted by atomic mass is 15.5. The van der Waals surface area contributed by atoms with Crippen LogP contribution in [0.1, 0.15) is 34.1 Å². The number of hydrogen-bond donors (Lipinski definition) is 1. The van der Waals surface area contributed by atoms with E-state index in [9.17, 15) is 0 Å². The molecule has 2 aliphatic heterocycles. The molecule has 0 amide bonds. The summed E-state index contributed by atoms with van der Waals surface area (Å²) in [5, 5.41) is 2.07. The van der Waals surface area contributed by atoms with Gasteiger partial charge in [-0.3, -0.25) is 10.0 Å². The third-order valence-corrected chi connectivity index (χ3v) is 3.41. The third-order valence-electron chi connectivity index (χ3n) is 3.41. The first-order chi connectivity index (χ1) is 7.00. The van der Waals surface area contributed by atoms with Crippen LogP contribution >= 0.6 is 0 Å². The number of nitrogens with zero attached hydrogens (tertiary/aromatic N) is 2. The number of nitrogens with one attached hydrogen (secondary N) is 1. The zero-order valence-electron chi connectivity index (χ0n) is 10.3. The van der Waals surface area contributed by atoms with Crippen LogP contribution in [0.25, 0.3) is 0 Å². The van der Waals surface area contributed by atoms with Crippen molar-refractivity contribution in [2.45, 2.75) is 46.2 Å². The lowest BCUT2D eigenvalue weighted by molar-refractivity contribution is 0.375. The van der Waals surface area contributed by atoms with Gasteiger partial charge < -0.3 is 0 Å². The Kier molecular flexibility index (Phi) is 2.59. The smallest absolute Gasteiger partial charge is 0.142 e. The number of hydrazine groups is 1. The van der Waals surface area contributed by atoms with E-state index in [1.54, 1.807) is 0 Å². The maximum atomic E-state index is 4.85. The SMILES string of the molecule is CC1=C2C(=NC(C(C)C)C1)N(C)NC2C. The summed E-state index contributed by atoms with van der Waals surface area (Å²) in [4.78, 5) is 4.85. The van der Waals surface area contributed by atoms with E-state index in [1.165, 1.54) is 11.1 Å². The predicted octanol–water partition coefficient (Wildman–Crippen LogP) is 1.97. The molecular formula is C12H21N3. The second-order valence-corrected chi connectivity index (χ2v) is 5.07. The Bertz CT molecular complexity index is 328. The summed E-state index contributed by atoms with van der Waals surface area (Å²) >= 11 is 0. The maximum Gasteiger partial charge on any atom is 0.142 e. The fourth-order valence-corrected chi connectivity index (χ4v) is 2.52. The van der Waals surface area contributed by atoms with E-state index < -0.39 is 0 Å². The number of hydrogen-bond acceptors (Lipinski definition) is 3. The van der Waals surface area contributed by atoms with Gasteiger partial charge in [-0.15, -0.1) is 0 Å². The van der Waals surface area contributed by atoms with Crippen LogP contribution in [0.5, 0.6) is 0 Å². The summed E-state index contributed by atoms with van der Waals surface area (Å²) in [6.07, 6.45) is 1.12. The fourth-order valence-electron chi connectivity index (χ4n) is 2.52. The van der Waals surface area contributed by atoms with Crippen LogP contribution < -0.4 is 5.43 Å². The molecule has 2 atom stereocenters. The quantitative estimate of drug-likeness (QED) is 0.712. The third kappa shape index (κ3) is 1.69. The molecule has 2 unspecified atom stereocenters. The topological polar surface area (TPSA) is 27.6 Å². The highest BCUT2D eigenvalue weighted by molar-refractivity contribution is 6.02. The van der Waals surface area contributed by atoms with Gasteiger partial charge in [-0.25, -0.2) is 5.43 Å². The molecule has 3 nitrogen and oxygen atoms in total. The lowest BCUT2D eigenvalue weighted by Gasteiger charge is -2.25. The number of rotatable bonds is 1. The molecule has 1 N–H and O–H groups in total. The second-order valence-electron chi connectivity index (χ2n) is 5.07. The van der Waals surface area contributed by atoms with Crippen LogP contribution in [0.15, 0.2) is 16.1 Å². The first-order valence-corrected chi connectivity index (χ1v) is 5.78. The standard InChI is InChI=1S/C12H21N3/c1-7(2)10-6-8(3)11-9(4)14-15(5)12(11)13-10/h7,9-10,14H,6H2,1-5H3. The van der Waals surface area contributed by atoms with Gasteiger partial charge in [0.1, 0.15) is 5.84 Å². The minimum absolute atomic E-state index is 0.418. The molecule has 3 heteroatoms. The average Bonchev–Trinajstić information content (AvgIpc) is 2.42. The van der Waals surface area contributed by atoms with Crippen molar-refractivity contribution < 1.29 is 0 Å². The van der Waals surface area contributed by atoms with E-state index in [4.69, 9.17) is 4.99 Å². The Labute approximate surface area is 92.2 Å². The highest BCUT2D eigenvalue weighted by Crippen LogP contribution is 2.30. The van der Waals surface area contributed by atoms with Gasteiger partial charge in [0.2, 0.25) is 0 Å². The number of aliphatic imine (C=N–C) groups is 1. The van der Waals surface area contributed by atoms with Crippen molar-refractivity contribution in [1.29, 1.82) is 0 Å². The van der Waals surface area contributed by atoms with E-state index in [0.29, 0.717) is 18.0 Å². The van der Waals surface area contributed by atoms with Crippen LogP contribution in [0.3, 0.4) is 0 Å². The van der Waals surface area contributed by atoms with Crippen LogP contribution in [0.2, 0.25) is 0 Å². The van der Waals surface area contributed by atoms with Crippen LogP contribution in [0.4, 0.5) is 0 Å². The van der Waals surface area contributed by atoms with Crippen molar-refractivity contribution in [2.75, 3.05) is 7.05 Å². The van der Waals surface area contributed by atoms with Crippen molar-refractivity contribution in [1.82, 2.24) is 10.4 Å². The minimum Gasteiger partial charge on any atom is -0.295 e. The van der Waals surface area contributed by atoms with E-state index in [2.05, 4.69) is 45.2 Å². The van der Waals surface area contributed by atoms with E-state index in [0.717, 1.165) is 12.3 Å². The molecule has 0 saturated carbocycles. The van der Waals surface area contributed by atoms with Gasteiger partial charge in [-0.2, -0.15) is 0 Å². The van der Waals surface area contributed by atoms with Crippen molar-refractivity contribution in [3.63, 3.8) is 0 Å². The van der Waals surface area contributed by atoms with E-state index in [1.807, 2.05) is 0 Å². The van der Waals surface area contributed by atoms with E-state index >= 15 is 0 Å². The van der Waals surface area contributed by atoms with Crippen molar-refractivity contribution in [3.8, 4) is 0 Å². The highest BCUT2D eigenvalue weighted by Gasteiger charge is 2.33. The monoisotopic (exact) mass is 207 g/mol. The first-order valence-electron chi connectivity index (χ1n) is 5.78. The van der Waals surface area contributed by atoms with Gasteiger partial charge in [-0.1, -0.05) is 19.4 Å². The Morgan fingerprint density at radius 1 is 1.47 bits per heavy atom. The first kappa shape index (κ1) is 10.7. The van der Waals surface area contributed by atoms with Gasteiger partial charge in [0.15, 0.2) is 0 Å². The average molecular weight is 207 g/mol. The van der Waals surface area contributed by atoms with Crippen LogP contribution in [-0.4, -0.2) is 30.0 Å². The Morgan fingerprint density at radius 2 is 2.13 bits per heavy atom. The van der Waals surface area contributed by atoms with Gasteiger partial charge in [0.25, 0.3) is 0 Å². The molecule has 15 heavy (non-hydrogen) atoms. The molecule has 2 rings (SSSR count). The van der Waals surface area contributed by atoms with Crippen molar-refractivity contribution >= 4 is 5.84 Å². The molecular weight excluding hydrogens is 186 g/mol. The minimum atomic E-state index is 0.418. The molecule has 1 saturated heterocycles. The molecule has 0 spiro atoms. The number of amidine groups is 1. The molecule has 0 bridgehead atoms. The molecule has 0 radical (unpaired) electrons. The van der Waals surface area contributed by atoms with Crippen molar-refractivity contribution in [2.24, 2.45) is 10.9 Å². The van der Waals surface area contributed by atoms with Crippen molar-refractivity contribution in [3.05, 3.63) is 11.1 Å². The lowest BCUT2D eigenvalue weighted by Crippen LogP contribution is -2.33. The fraction of sp³-hybridized carbons (Fsp3) is 0.750. The molecule has 0 aromatic carbocycles. The van der Waals surface area contributed by atoms with Gasteiger partial charge in [0, 0.05) is 12.6 Å².